The molecule has 1 atom stereocenters. The van der Waals surface area contributed by atoms with Gasteiger partial charge in [-0.05, 0) is 31.5 Å². The molecule has 0 N–H and O–H groups in total. The van der Waals surface area contributed by atoms with Crippen molar-refractivity contribution in [3.63, 3.8) is 0 Å². The van der Waals surface area contributed by atoms with Gasteiger partial charge < -0.3 is 24.0 Å². The Morgan fingerprint density at radius 2 is 1.81 bits per heavy atom. The van der Waals surface area contributed by atoms with E-state index in [1.807, 2.05) is 4.90 Å². The SMILES string of the molecule is C=CCc1cc(C(=O)OC(C)C(=O)N2CCN(c3ncccn3)CC2)cc(OC)c1OC. The van der Waals surface area contributed by atoms with E-state index < -0.39 is 12.1 Å². The fraction of sp³-hybridized carbons (Fsp3) is 0.391. The van der Waals surface area contributed by atoms with Crippen molar-refractivity contribution in [2.75, 3.05) is 45.3 Å². The number of hydrogen-bond donors (Lipinski definition) is 0. The zero-order valence-electron chi connectivity index (χ0n) is 18.6. The van der Waals surface area contributed by atoms with E-state index in [1.165, 1.54) is 14.2 Å². The van der Waals surface area contributed by atoms with E-state index >= 15 is 0 Å². The fourth-order valence-corrected chi connectivity index (χ4v) is 3.59. The van der Waals surface area contributed by atoms with Gasteiger partial charge in [0.2, 0.25) is 5.95 Å². The summed E-state index contributed by atoms with van der Waals surface area (Å²) in [7, 11) is 3.03. The topological polar surface area (TPSA) is 94.1 Å². The predicted octanol–water partition coefficient (Wildman–Crippen LogP) is 2.12. The van der Waals surface area contributed by atoms with Gasteiger partial charge in [0.05, 0.1) is 19.8 Å². The standard InChI is InChI=1S/C23H28N4O5/c1-5-7-17-14-18(15-19(30-3)20(17)31-4)22(29)32-16(2)21(28)26-10-12-27(13-11-26)23-24-8-6-9-25-23/h5-6,8-9,14-16H,1,7,10-13H2,2-4H3. The van der Waals surface area contributed by atoms with Crippen LogP contribution in [0.1, 0.15) is 22.8 Å². The summed E-state index contributed by atoms with van der Waals surface area (Å²) in [6.45, 7) is 7.53. The lowest BCUT2D eigenvalue weighted by atomic mass is 10.1. The van der Waals surface area contributed by atoms with Crippen molar-refractivity contribution in [1.29, 1.82) is 0 Å². The van der Waals surface area contributed by atoms with Crippen LogP contribution < -0.4 is 14.4 Å². The summed E-state index contributed by atoms with van der Waals surface area (Å²) in [5.74, 6) is 0.750. The molecule has 1 fully saturated rings. The molecule has 1 aliphatic heterocycles. The van der Waals surface area contributed by atoms with E-state index in [-0.39, 0.29) is 11.5 Å². The molecule has 1 amide bonds. The molecule has 0 aliphatic carbocycles. The summed E-state index contributed by atoms with van der Waals surface area (Å²) < 4.78 is 16.2. The molecule has 3 rings (SSSR count). The Morgan fingerprint density at radius 3 is 2.41 bits per heavy atom. The van der Waals surface area contributed by atoms with Gasteiger partial charge in [-0.25, -0.2) is 14.8 Å². The molecule has 2 aromatic rings. The number of aromatic nitrogens is 2. The highest BCUT2D eigenvalue weighted by atomic mass is 16.5. The number of esters is 1. The predicted molar refractivity (Wildman–Crippen MR) is 119 cm³/mol. The van der Waals surface area contributed by atoms with Crippen molar-refractivity contribution in [2.24, 2.45) is 0 Å². The monoisotopic (exact) mass is 440 g/mol. The van der Waals surface area contributed by atoms with Gasteiger partial charge in [0.15, 0.2) is 17.6 Å². The fourth-order valence-electron chi connectivity index (χ4n) is 3.59. The van der Waals surface area contributed by atoms with Crippen molar-refractivity contribution in [3.05, 3.63) is 54.4 Å². The van der Waals surface area contributed by atoms with E-state index in [9.17, 15) is 9.59 Å². The molecule has 1 aromatic carbocycles. The van der Waals surface area contributed by atoms with Crippen LogP contribution in [0.3, 0.4) is 0 Å². The summed E-state index contributed by atoms with van der Waals surface area (Å²) in [4.78, 5) is 37.8. The van der Waals surface area contributed by atoms with E-state index in [0.29, 0.717) is 50.0 Å². The average Bonchev–Trinajstić information content (AvgIpc) is 2.83. The molecular formula is C23H28N4O5. The maximum atomic E-state index is 12.8. The van der Waals surface area contributed by atoms with Crippen LogP contribution in [0, 0.1) is 0 Å². The van der Waals surface area contributed by atoms with Crippen LogP contribution in [0.25, 0.3) is 0 Å². The Balaban J connectivity index is 1.63. The number of carbonyl (C=O) groups is 2. The highest BCUT2D eigenvalue weighted by molar-refractivity contribution is 5.93. The average molecular weight is 441 g/mol. The minimum Gasteiger partial charge on any atom is -0.493 e. The summed E-state index contributed by atoms with van der Waals surface area (Å²) in [5, 5.41) is 0. The first kappa shape index (κ1) is 23.1. The van der Waals surface area contributed by atoms with Crippen LogP contribution in [0.15, 0.2) is 43.2 Å². The van der Waals surface area contributed by atoms with Gasteiger partial charge in [-0.2, -0.15) is 0 Å². The largest absolute Gasteiger partial charge is 0.493 e. The van der Waals surface area contributed by atoms with Crippen LogP contribution in [0.5, 0.6) is 11.5 Å². The first-order valence-electron chi connectivity index (χ1n) is 10.4. The Bertz CT molecular complexity index is 958. The molecule has 9 nitrogen and oxygen atoms in total. The molecule has 9 heteroatoms. The number of allylic oxidation sites excluding steroid dienone is 1. The number of ether oxygens (including phenoxy) is 3. The van der Waals surface area contributed by atoms with E-state index in [1.54, 1.807) is 48.5 Å². The van der Waals surface area contributed by atoms with E-state index in [4.69, 9.17) is 14.2 Å². The number of benzene rings is 1. The van der Waals surface area contributed by atoms with Crippen LogP contribution in [-0.4, -0.2) is 73.2 Å². The second-order valence-corrected chi connectivity index (χ2v) is 7.27. The molecule has 0 radical (unpaired) electrons. The molecule has 2 heterocycles. The molecule has 1 unspecified atom stereocenters. The number of amides is 1. The first-order chi connectivity index (χ1) is 15.5. The summed E-state index contributed by atoms with van der Waals surface area (Å²) in [5.41, 5.74) is 1.03. The first-order valence-corrected chi connectivity index (χ1v) is 10.4. The van der Waals surface area contributed by atoms with Crippen molar-refractivity contribution in [2.45, 2.75) is 19.4 Å². The van der Waals surface area contributed by atoms with Crippen LogP contribution in [0.4, 0.5) is 5.95 Å². The van der Waals surface area contributed by atoms with Crippen LogP contribution >= 0.6 is 0 Å². The molecule has 0 saturated carbocycles. The zero-order valence-corrected chi connectivity index (χ0v) is 18.6. The maximum absolute atomic E-state index is 12.8. The van der Waals surface area contributed by atoms with Gasteiger partial charge >= 0.3 is 5.97 Å². The third kappa shape index (κ3) is 5.16. The van der Waals surface area contributed by atoms with Gasteiger partial charge in [0.1, 0.15) is 0 Å². The lowest BCUT2D eigenvalue weighted by Gasteiger charge is -2.35. The quantitative estimate of drug-likeness (QED) is 0.455. The smallest absolute Gasteiger partial charge is 0.339 e. The highest BCUT2D eigenvalue weighted by Crippen LogP contribution is 2.33. The molecule has 1 aliphatic rings. The van der Waals surface area contributed by atoms with Gasteiger partial charge in [-0.15, -0.1) is 6.58 Å². The highest BCUT2D eigenvalue weighted by Gasteiger charge is 2.28. The number of anilines is 1. The Morgan fingerprint density at radius 1 is 1.12 bits per heavy atom. The Hall–Kier alpha value is -3.62. The lowest BCUT2D eigenvalue weighted by Crippen LogP contribution is -2.52. The summed E-state index contributed by atoms with van der Waals surface area (Å²) >= 11 is 0. The summed E-state index contributed by atoms with van der Waals surface area (Å²) in [6.07, 6.45) is 4.66. The number of hydrogen-bond acceptors (Lipinski definition) is 8. The molecule has 1 saturated heterocycles. The van der Waals surface area contributed by atoms with E-state index in [2.05, 4.69) is 16.5 Å². The second-order valence-electron chi connectivity index (χ2n) is 7.27. The maximum Gasteiger partial charge on any atom is 0.339 e. The van der Waals surface area contributed by atoms with Crippen molar-refractivity contribution in [3.8, 4) is 11.5 Å². The third-order valence-corrected chi connectivity index (χ3v) is 5.21. The number of rotatable bonds is 8. The van der Waals surface area contributed by atoms with Crippen molar-refractivity contribution < 1.29 is 23.8 Å². The van der Waals surface area contributed by atoms with E-state index in [0.717, 1.165) is 5.56 Å². The normalized spacial score (nSPS) is 14.5. The Labute approximate surface area is 187 Å². The zero-order chi connectivity index (χ0) is 23.1. The molecule has 0 bridgehead atoms. The third-order valence-electron chi connectivity index (χ3n) is 5.21. The van der Waals surface area contributed by atoms with Crippen LogP contribution in [-0.2, 0) is 16.0 Å². The van der Waals surface area contributed by atoms with Crippen molar-refractivity contribution in [1.82, 2.24) is 14.9 Å². The van der Waals surface area contributed by atoms with Gasteiger partial charge in [0, 0.05) is 44.1 Å². The van der Waals surface area contributed by atoms with Gasteiger partial charge in [-0.1, -0.05) is 6.08 Å². The van der Waals surface area contributed by atoms with Gasteiger partial charge in [0.25, 0.3) is 5.91 Å². The minimum atomic E-state index is -0.919. The minimum absolute atomic E-state index is 0.237. The lowest BCUT2D eigenvalue weighted by molar-refractivity contribution is -0.140. The molecular weight excluding hydrogens is 412 g/mol. The molecule has 170 valence electrons. The second kappa shape index (κ2) is 10.6. The Kier molecular flexibility index (Phi) is 7.64. The summed E-state index contributed by atoms with van der Waals surface area (Å²) in [6, 6.07) is 4.98. The molecule has 32 heavy (non-hydrogen) atoms. The van der Waals surface area contributed by atoms with Crippen LogP contribution in [0.2, 0.25) is 0 Å². The molecule has 1 aromatic heterocycles. The number of piperazine rings is 1. The number of nitrogens with zero attached hydrogens (tertiary/aromatic N) is 4. The number of carbonyl (C=O) groups excluding carboxylic acids is 2. The van der Waals surface area contributed by atoms with Gasteiger partial charge in [-0.3, -0.25) is 4.79 Å². The number of methoxy groups -OCH3 is 2. The molecule has 0 spiro atoms. The van der Waals surface area contributed by atoms with Crippen molar-refractivity contribution >= 4 is 17.8 Å².